The molecule has 0 aromatic heterocycles. The zero-order valence-electron chi connectivity index (χ0n) is 14.0. The molecule has 0 atom stereocenters. The van der Waals surface area contributed by atoms with Gasteiger partial charge in [-0.15, -0.1) is 0 Å². The highest BCUT2D eigenvalue weighted by molar-refractivity contribution is 7.90. The molecule has 0 spiro atoms. The Hall–Kier alpha value is -1.16. The molecule has 0 saturated carbocycles. The Bertz CT molecular complexity index is 769. The summed E-state index contributed by atoms with van der Waals surface area (Å²) in [7, 11) is -5.67. The Kier molecular flexibility index (Phi) is 6.24. The van der Waals surface area contributed by atoms with Crippen LogP contribution in [0.25, 0.3) is 0 Å². The number of piperidine rings is 1. The summed E-state index contributed by atoms with van der Waals surface area (Å²) in [6, 6.07) is 4.64. The molecule has 0 bridgehead atoms. The molecule has 24 heavy (non-hydrogen) atoms. The second kappa shape index (κ2) is 7.81. The maximum atomic E-state index is 12.4. The number of aryl methyl sites for hydroxylation is 1. The van der Waals surface area contributed by atoms with Crippen LogP contribution in [0.15, 0.2) is 23.1 Å². The van der Waals surface area contributed by atoms with E-state index in [0.29, 0.717) is 24.4 Å². The number of benzene rings is 1. The lowest BCUT2D eigenvalue weighted by Crippen LogP contribution is -2.40. The van der Waals surface area contributed by atoms with Crippen molar-refractivity contribution < 1.29 is 21.6 Å². The second-order valence-electron chi connectivity index (χ2n) is 5.80. The summed E-state index contributed by atoms with van der Waals surface area (Å²) < 4.78 is 58.1. The summed E-state index contributed by atoms with van der Waals surface area (Å²) in [6.07, 6.45) is 2.75. The van der Waals surface area contributed by atoms with E-state index in [1.165, 1.54) is 17.5 Å². The highest BCUT2D eigenvalue weighted by Gasteiger charge is 2.25. The van der Waals surface area contributed by atoms with Crippen molar-refractivity contribution >= 4 is 20.0 Å². The molecule has 0 radical (unpaired) electrons. The lowest BCUT2D eigenvalue weighted by Gasteiger charge is -2.25. The van der Waals surface area contributed by atoms with Gasteiger partial charge in [0.2, 0.25) is 20.0 Å². The van der Waals surface area contributed by atoms with Crippen molar-refractivity contribution in [2.75, 3.05) is 32.5 Å². The molecule has 136 valence electrons. The third kappa shape index (κ3) is 4.69. The van der Waals surface area contributed by atoms with Crippen molar-refractivity contribution in [2.45, 2.75) is 31.1 Å². The Balaban J connectivity index is 2.00. The van der Waals surface area contributed by atoms with Crippen molar-refractivity contribution in [3.05, 3.63) is 23.8 Å². The van der Waals surface area contributed by atoms with Gasteiger partial charge in [-0.25, -0.2) is 25.9 Å². The number of nitrogens with zero attached hydrogens (tertiary/aromatic N) is 1. The molecule has 1 aliphatic rings. The van der Waals surface area contributed by atoms with Crippen LogP contribution < -0.4 is 9.46 Å². The lowest BCUT2D eigenvalue weighted by atomic mass is 10.2. The quantitative estimate of drug-likeness (QED) is 0.769. The van der Waals surface area contributed by atoms with Crippen molar-refractivity contribution in [3.63, 3.8) is 0 Å². The largest absolute Gasteiger partial charge is 0.497 e. The molecule has 0 aliphatic carbocycles. The average molecular weight is 377 g/mol. The van der Waals surface area contributed by atoms with E-state index in [1.807, 2.05) is 0 Å². The SMILES string of the molecule is COc1ccc(S(=O)(=O)NCCS(=O)(=O)N2CCCCC2)c(C)c1. The van der Waals surface area contributed by atoms with E-state index in [-0.39, 0.29) is 17.2 Å². The van der Waals surface area contributed by atoms with Crippen LogP contribution in [-0.2, 0) is 20.0 Å². The van der Waals surface area contributed by atoms with E-state index in [4.69, 9.17) is 4.74 Å². The molecular formula is C15H24N2O5S2. The summed E-state index contributed by atoms with van der Waals surface area (Å²) in [4.78, 5) is 0.124. The number of rotatable bonds is 7. The number of ether oxygens (including phenoxy) is 1. The number of sulfonamides is 2. The Morgan fingerprint density at radius 1 is 1.12 bits per heavy atom. The standard InChI is InChI=1S/C15H24N2O5S2/c1-13-12-14(22-2)6-7-15(13)24(20,21)16-8-11-23(18,19)17-9-4-3-5-10-17/h6-7,12,16H,3-5,8-11H2,1-2H3. The summed E-state index contributed by atoms with van der Waals surface area (Å²) in [5.41, 5.74) is 0.542. The molecule has 1 aromatic carbocycles. The lowest BCUT2D eigenvalue weighted by molar-refractivity contribution is 0.346. The minimum Gasteiger partial charge on any atom is -0.497 e. The van der Waals surface area contributed by atoms with Gasteiger partial charge < -0.3 is 4.74 Å². The van der Waals surface area contributed by atoms with E-state index in [2.05, 4.69) is 4.72 Å². The summed E-state index contributed by atoms with van der Waals surface area (Å²) in [6.45, 7) is 2.56. The third-order valence-electron chi connectivity index (χ3n) is 4.03. The minimum atomic E-state index is -3.76. The molecule has 7 nitrogen and oxygen atoms in total. The average Bonchev–Trinajstić information content (AvgIpc) is 2.54. The van der Waals surface area contributed by atoms with Crippen LogP contribution in [-0.4, -0.2) is 53.6 Å². The van der Waals surface area contributed by atoms with E-state index in [9.17, 15) is 16.8 Å². The maximum Gasteiger partial charge on any atom is 0.240 e. The molecule has 0 amide bonds. The molecule has 1 N–H and O–H groups in total. The van der Waals surface area contributed by atoms with E-state index < -0.39 is 20.0 Å². The van der Waals surface area contributed by atoms with E-state index in [1.54, 1.807) is 19.1 Å². The first-order chi connectivity index (χ1) is 11.3. The van der Waals surface area contributed by atoms with Crippen LogP contribution in [0.5, 0.6) is 5.75 Å². The number of hydrogen-bond acceptors (Lipinski definition) is 5. The van der Waals surface area contributed by atoms with Crippen LogP contribution in [0.4, 0.5) is 0 Å². The fourth-order valence-electron chi connectivity index (χ4n) is 2.71. The second-order valence-corrected chi connectivity index (χ2v) is 9.63. The topological polar surface area (TPSA) is 92.8 Å². The highest BCUT2D eigenvalue weighted by Crippen LogP contribution is 2.20. The first-order valence-electron chi connectivity index (χ1n) is 7.88. The fourth-order valence-corrected chi connectivity index (χ4v) is 5.52. The van der Waals surface area contributed by atoms with E-state index in [0.717, 1.165) is 19.3 Å². The van der Waals surface area contributed by atoms with Crippen molar-refractivity contribution in [3.8, 4) is 5.75 Å². The van der Waals surface area contributed by atoms with Gasteiger partial charge in [0.15, 0.2) is 0 Å². The van der Waals surface area contributed by atoms with Gasteiger partial charge in [0.25, 0.3) is 0 Å². The van der Waals surface area contributed by atoms with Gasteiger partial charge >= 0.3 is 0 Å². The van der Waals surface area contributed by atoms with Gasteiger partial charge in [-0.05, 0) is 43.5 Å². The van der Waals surface area contributed by atoms with Crippen LogP contribution in [0.1, 0.15) is 24.8 Å². The number of hydrogen-bond donors (Lipinski definition) is 1. The van der Waals surface area contributed by atoms with Gasteiger partial charge in [-0.2, -0.15) is 0 Å². The van der Waals surface area contributed by atoms with Gasteiger partial charge in [0.05, 0.1) is 17.8 Å². The molecule has 1 aromatic rings. The predicted octanol–water partition coefficient (Wildman–Crippen LogP) is 1.10. The smallest absolute Gasteiger partial charge is 0.240 e. The summed E-state index contributed by atoms with van der Waals surface area (Å²) >= 11 is 0. The normalized spacial score (nSPS) is 16.9. The first kappa shape index (κ1) is 19.2. The predicted molar refractivity (Wildman–Crippen MR) is 92.1 cm³/mol. The van der Waals surface area contributed by atoms with Gasteiger partial charge in [0, 0.05) is 19.6 Å². The zero-order chi connectivity index (χ0) is 17.8. The number of methoxy groups -OCH3 is 1. The summed E-state index contributed by atoms with van der Waals surface area (Å²) in [5.74, 6) is 0.334. The van der Waals surface area contributed by atoms with Crippen LogP contribution >= 0.6 is 0 Å². The molecule has 1 aliphatic heterocycles. The summed E-state index contributed by atoms with van der Waals surface area (Å²) in [5, 5.41) is 0. The third-order valence-corrected chi connectivity index (χ3v) is 7.53. The van der Waals surface area contributed by atoms with Gasteiger partial charge in [-0.1, -0.05) is 6.42 Å². The molecule has 1 heterocycles. The van der Waals surface area contributed by atoms with Crippen LogP contribution in [0, 0.1) is 6.92 Å². The molecule has 1 saturated heterocycles. The Morgan fingerprint density at radius 2 is 1.79 bits per heavy atom. The molecule has 1 fully saturated rings. The highest BCUT2D eigenvalue weighted by atomic mass is 32.2. The fraction of sp³-hybridized carbons (Fsp3) is 0.600. The van der Waals surface area contributed by atoms with Gasteiger partial charge in [-0.3, -0.25) is 0 Å². The molecule has 0 unspecified atom stereocenters. The zero-order valence-corrected chi connectivity index (χ0v) is 15.6. The van der Waals surface area contributed by atoms with Crippen LogP contribution in [0.3, 0.4) is 0 Å². The Morgan fingerprint density at radius 3 is 2.38 bits per heavy atom. The Labute approximate surface area is 144 Å². The van der Waals surface area contributed by atoms with Crippen LogP contribution in [0.2, 0.25) is 0 Å². The van der Waals surface area contributed by atoms with Gasteiger partial charge in [0.1, 0.15) is 5.75 Å². The molecule has 2 rings (SSSR count). The molecule has 9 heteroatoms. The van der Waals surface area contributed by atoms with Crippen molar-refractivity contribution in [1.29, 1.82) is 0 Å². The monoisotopic (exact) mass is 376 g/mol. The minimum absolute atomic E-state index is 0.124. The maximum absolute atomic E-state index is 12.4. The first-order valence-corrected chi connectivity index (χ1v) is 11.0. The van der Waals surface area contributed by atoms with Crippen molar-refractivity contribution in [2.24, 2.45) is 0 Å². The number of nitrogens with one attached hydrogen (secondary N) is 1. The van der Waals surface area contributed by atoms with E-state index >= 15 is 0 Å². The van der Waals surface area contributed by atoms with Crippen molar-refractivity contribution in [1.82, 2.24) is 9.03 Å². The molecular weight excluding hydrogens is 352 g/mol.